The average Bonchev–Trinajstić information content (AvgIpc) is 2.05. The molecule has 0 aromatic carbocycles. The van der Waals surface area contributed by atoms with Crippen LogP contribution in [-0.4, -0.2) is 6.61 Å². The second kappa shape index (κ2) is 2.29. The summed E-state index contributed by atoms with van der Waals surface area (Å²) < 4.78 is 7.51. The van der Waals surface area contributed by atoms with Crippen LogP contribution in [-0.2, 0) is 6.54 Å². The van der Waals surface area contributed by atoms with Gasteiger partial charge in [0.15, 0.2) is 12.7 Å². The van der Waals surface area contributed by atoms with Crippen LogP contribution >= 0.6 is 0 Å². The number of aryl methyl sites for hydroxylation is 1. The first-order valence-corrected chi connectivity index (χ1v) is 3.58. The lowest BCUT2D eigenvalue weighted by atomic mass is 10.3. The van der Waals surface area contributed by atoms with Gasteiger partial charge in [0.25, 0.3) is 0 Å². The summed E-state index contributed by atoms with van der Waals surface area (Å²) in [6.07, 6.45) is 3.18. The zero-order valence-electron chi connectivity index (χ0n) is 5.79. The Hall–Kier alpha value is -1.05. The first-order chi connectivity index (χ1) is 4.97. The Morgan fingerprint density at radius 2 is 2.40 bits per heavy atom. The monoisotopic (exact) mass is 136 g/mol. The largest absolute Gasteiger partial charge is 0.444 e. The Bertz CT molecular complexity index is 209. The molecule has 0 aliphatic carbocycles. The van der Waals surface area contributed by atoms with Gasteiger partial charge in [-0.25, -0.2) is 0 Å². The summed E-state index contributed by atoms with van der Waals surface area (Å²) in [7, 11) is 0. The molecule has 0 spiro atoms. The minimum absolute atomic E-state index is 0.865. The molecule has 0 amide bonds. The van der Waals surface area contributed by atoms with Gasteiger partial charge in [0.05, 0.1) is 6.07 Å². The number of hydrogen-bond acceptors (Lipinski definition) is 1. The second-order valence-electron chi connectivity index (χ2n) is 2.43. The van der Waals surface area contributed by atoms with E-state index in [-0.39, 0.29) is 0 Å². The van der Waals surface area contributed by atoms with E-state index in [9.17, 15) is 0 Å². The van der Waals surface area contributed by atoms with Crippen molar-refractivity contribution in [2.45, 2.75) is 13.0 Å². The van der Waals surface area contributed by atoms with Crippen LogP contribution in [0.3, 0.4) is 0 Å². The Morgan fingerprint density at radius 3 is 3.30 bits per heavy atom. The SMILES string of the molecule is c1cc[n+]2c(c1)OCCC2. The standard InChI is InChI=1S/C8H10NO/c1-2-5-9-6-3-7-10-8(9)4-1/h1-2,4-5H,3,6-7H2/q+1. The topological polar surface area (TPSA) is 13.1 Å². The van der Waals surface area contributed by atoms with Crippen molar-refractivity contribution in [3.63, 3.8) is 0 Å². The molecule has 2 heteroatoms. The highest BCUT2D eigenvalue weighted by atomic mass is 16.5. The maximum absolute atomic E-state index is 5.39. The van der Waals surface area contributed by atoms with Gasteiger partial charge in [-0.1, -0.05) is 0 Å². The van der Waals surface area contributed by atoms with Crippen molar-refractivity contribution in [1.29, 1.82) is 0 Å². The fourth-order valence-electron chi connectivity index (χ4n) is 1.19. The number of rotatable bonds is 0. The molecule has 0 bridgehead atoms. The quantitative estimate of drug-likeness (QED) is 0.480. The predicted molar refractivity (Wildman–Crippen MR) is 36.7 cm³/mol. The van der Waals surface area contributed by atoms with Crippen molar-refractivity contribution < 1.29 is 9.30 Å². The summed E-state index contributed by atoms with van der Waals surface area (Å²) in [6, 6.07) is 6.02. The molecule has 10 heavy (non-hydrogen) atoms. The summed E-state index contributed by atoms with van der Waals surface area (Å²) in [4.78, 5) is 0. The lowest BCUT2D eigenvalue weighted by Gasteiger charge is -2.09. The van der Waals surface area contributed by atoms with Gasteiger partial charge in [-0.15, -0.1) is 0 Å². The van der Waals surface area contributed by atoms with E-state index in [0.717, 1.165) is 25.5 Å². The van der Waals surface area contributed by atoms with Crippen molar-refractivity contribution in [2.24, 2.45) is 0 Å². The Morgan fingerprint density at radius 1 is 1.40 bits per heavy atom. The summed E-state index contributed by atoms with van der Waals surface area (Å²) in [6.45, 7) is 1.96. The minimum Gasteiger partial charge on any atom is -0.444 e. The van der Waals surface area contributed by atoms with Gasteiger partial charge in [0.2, 0.25) is 0 Å². The molecular formula is C8H10NO+. The van der Waals surface area contributed by atoms with Gasteiger partial charge < -0.3 is 4.74 Å². The molecule has 2 rings (SSSR count). The first-order valence-electron chi connectivity index (χ1n) is 3.58. The maximum Gasteiger partial charge on any atom is 0.367 e. The molecule has 1 aliphatic heterocycles. The number of pyridine rings is 1. The summed E-state index contributed by atoms with van der Waals surface area (Å²) in [5, 5.41) is 0. The Kier molecular flexibility index (Phi) is 1.31. The fraction of sp³-hybridized carbons (Fsp3) is 0.375. The zero-order valence-corrected chi connectivity index (χ0v) is 5.79. The molecule has 0 saturated carbocycles. The van der Waals surface area contributed by atoms with E-state index in [4.69, 9.17) is 4.74 Å². The molecule has 0 radical (unpaired) electrons. The van der Waals surface area contributed by atoms with E-state index in [1.807, 2.05) is 18.2 Å². The smallest absolute Gasteiger partial charge is 0.367 e. The number of fused-ring (bicyclic) bond motifs is 1. The van der Waals surface area contributed by atoms with Crippen LogP contribution in [0.1, 0.15) is 6.42 Å². The van der Waals surface area contributed by atoms with Gasteiger partial charge >= 0.3 is 5.88 Å². The van der Waals surface area contributed by atoms with Crippen LogP contribution in [0.15, 0.2) is 24.4 Å². The number of aromatic nitrogens is 1. The van der Waals surface area contributed by atoms with Gasteiger partial charge in [0.1, 0.15) is 6.61 Å². The number of hydrogen-bond donors (Lipinski definition) is 0. The molecule has 1 aromatic heterocycles. The molecule has 0 atom stereocenters. The van der Waals surface area contributed by atoms with E-state index in [1.165, 1.54) is 0 Å². The third-order valence-corrected chi connectivity index (χ3v) is 1.69. The highest BCUT2D eigenvalue weighted by molar-refractivity contribution is 5.02. The first kappa shape index (κ1) is 5.71. The second-order valence-corrected chi connectivity index (χ2v) is 2.43. The zero-order chi connectivity index (χ0) is 6.81. The normalized spacial score (nSPS) is 15.6. The minimum atomic E-state index is 0.865. The van der Waals surface area contributed by atoms with Crippen LogP contribution in [0, 0.1) is 0 Å². The summed E-state index contributed by atoms with van der Waals surface area (Å²) in [5.74, 6) is 0.994. The third kappa shape index (κ3) is 0.856. The molecule has 52 valence electrons. The van der Waals surface area contributed by atoms with Crippen molar-refractivity contribution in [1.82, 2.24) is 0 Å². The van der Waals surface area contributed by atoms with Crippen molar-refractivity contribution >= 4 is 0 Å². The molecule has 2 nitrogen and oxygen atoms in total. The Labute approximate surface area is 60.1 Å². The molecule has 2 heterocycles. The molecule has 0 saturated heterocycles. The van der Waals surface area contributed by atoms with Gasteiger partial charge in [-0.3, -0.25) is 0 Å². The van der Waals surface area contributed by atoms with E-state index in [1.54, 1.807) is 0 Å². The third-order valence-electron chi connectivity index (χ3n) is 1.69. The molecule has 0 N–H and O–H groups in total. The summed E-state index contributed by atoms with van der Waals surface area (Å²) >= 11 is 0. The van der Waals surface area contributed by atoms with Gasteiger partial charge in [-0.05, 0) is 6.07 Å². The Balaban J connectivity index is 2.41. The van der Waals surface area contributed by atoms with E-state index in [2.05, 4.69) is 10.8 Å². The molecular weight excluding hydrogens is 126 g/mol. The predicted octanol–water partition coefficient (Wildman–Crippen LogP) is 0.757. The molecule has 1 aliphatic rings. The van der Waals surface area contributed by atoms with E-state index in [0.29, 0.717) is 0 Å². The van der Waals surface area contributed by atoms with Gasteiger partial charge in [0, 0.05) is 12.5 Å². The van der Waals surface area contributed by atoms with Crippen molar-refractivity contribution in [3.8, 4) is 5.88 Å². The van der Waals surface area contributed by atoms with Crippen molar-refractivity contribution in [2.75, 3.05) is 6.61 Å². The van der Waals surface area contributed by atoms with Crippen LogP contribution in [0.25, 0.3) is 0 Å². The fourth-order valence-corrected chi connectivity index (χ4v) is 1.19. The summed E-state index contributed by atoms with van der Waals surface area (Å²) in [5.41, 5.74) is 0. The molecule has 1 aromatic rings. The van der Waals surface area contributed by atoms with Crippen LogP contribution < -0.4 is 9.30 Å². The number of ether oxygens (including phenoxy) is 1. The van der Waals surface area contributed by atoms with Crippen LogP contribution in [0.4, 0.5) is 0 Å². The van der Waals surface area contributed by atoms with E-state index < -0.39 is 0 Å². The highest BCUT2D eigenvalue weighted by Gasteiger charge is 2.14. The molecule has 0 fully saturated rings. The number of nitrogens with zero attached hydrogens (tertiary/aromatic N) is 1. The van der Waals surface area contributed by atoms with Crippen LogP contribution in [0.2, 0.25) is 0 Å². The van der Waals surface area contributed by atoms with Crippen LogP contribution in [0.5, 0.6) is 5.88 Å². The van der Waals surface area contributed by atoms with Crippen molar-refractivity contribution in [3.05, 3.63) is 24.4 Å². The maximum atomic E-state index is 5.39. The average molecular weight is 136 g/mol. The van der Waals surface area contributed by atoms with E-state index >= 15 is 0 Å². The lowest BCUT2D eigenvalue weighted by Crippen LogP contribution is -2.39. The van der Waals surface area contributed by atoms with Gasteiger partial charge in [-0.2, -0.15) is 4.57 Å². The highest BCUT2D eigenvalue weighted by Crippen LogP contribution is 2.06. The molecule has 0 unspecified atom stereocenters. The lowest BCUT2D eigenvalue weighted by molar-refractivity contribution is -0.710.